The molecule has 0 unspecified atom stereocenters. The molecule has 0 saturated carbocycles. The second-order valence-electron chi connectivity index (χ2n) is 10.5. The first-order valence-corrected chi connectivity index (χ1v) is 11.7. The predicted octanol–water partition coefficient (Wildman–Crippen LogP) is 3.96. The Kier molecular flexibility index (Phi) is 7.77. The van der Waals surface area contributed by atoms with Gasteiger partial charge in [0.2, 0.25) is 17.7 Å². The van der Waals surface area contributed by atoms with E-state index in [4.69, 9.17) is 5.21 Å². The standard InChI is InChI=1S/C27H35N3O4/c1-16(2)14-17(15-22(31)30-34)25(32)29-24(27(3,4)5)26(33)28-23-20-12-8-6-10-18(20)19-11-7-9-13-21(19)23/h6-13,16-17,23-24,34H,14-15H2,1-5H3,(H,28,33)(H,29,32)(H,30,31)/t17-,24-/m1/s1. The van der Waals surface area contributed by atoms with Crippen molar-refractivity contribution < 1.29 is 19.6 Å². The minimum absolute atomic E-state index is 0.150. The third-order valence-electron chi connectivity index (χ3n) is 6.22. The lowest BCUT2D eigenvalue weighted by Crippen LogP contribution is -2.55. The number of hydroxylamine groups is 1. The van der Waals surface area contributed by atoms with Crippen LogP contribution < -0.4 is 16.1 Å². The third-order valence-corrected chi connectivity index (χ3v) is 6.22. The molecule has 0 saturated heterocycles. The average molecular weight is 466 g/mol. The second-order valence-corrected chi connectivity index (χ2v) is 10.5. The van der Waals surface area contributed by atoms with Crippen molar-refractivity contribution in [3.05, 3.63) is 59.7 Å². The van der Waals surface area contributed by atoms with Crippen molar-refractivity contribution >= 4 is 17.7 Å². The number of nitrogens with one attached hydrogen (secondary N) is 3. The van der Waals surface area contributed by atoms with Gasteiger partial charge in [-0.05, 0) is 40.0 Å². The second kappa shape index (κ2) is 10.4. The Labute approximate surface area is 201 Å². The normalized spacial score (nSPS) is 14.7. The minimum Gasteiger partial charge on any atom is -0.344 e. The van der Waals surface area contributed by atoms with Crippen molar-refractivity contribution in [2.45, 2.75) is 59.5 Å². The van der Waals surface area contributed by atoms with E-state index in [-0.39, 0.29) is 30.2 Å². The highest BCUT2D eigenvalue weighted by molar-refractivity contribution is 5.92. The van der Waals surface area contributed by atoms with Crippen LogP contribution in [-0.2, 0) is 14.4 Å². The molecule has 2 aromatic carbocycles. The molecule has 1 aliphatic rings. The number of amides is 3. The minimum atomic E-state index is -0.813. The van der Waals surface area contributed by atoms with Gasteiger partial charge in [0.05, 0.1) is 6.04 Å². The lowest BCUT2D eigenvalue weighted by Gasteiger charge is -2.33. The Balaban J connectivity index is 1.84. The molecule has 2 aromatic rings. The molecule has 0 heterocycles. The summed E-state index contributed by atoms with van der Waals surface area (Å²) in [5, 5.41) is 15.0. The Hall–Kier alpha value is -3.19. The number of carbonyl (C=O) groups excluding carboxylic acids is 3. The molecule has 4 N–H and O–H groups in total. The van der Waals surface area contributed by atoms with Crippen molar-refractivity contribution in [3.8, 4) is 11.1 Å². The summed E-state index contributed by atoms with van der Waals surface area (Å²) in [4.78, 5) is 38.5. The molecule has 182 valence electrons. The van der Waals surface area contributed by atoms with E-state index >= 15 is 0 Å². The molecule has 0 aromatic heterocycles. The predicted molar refractivity (Wildman–Crippen MR) is 131 cm³/mol. The zero-order valence-electron chi connectivity index (χ0n) is 20.5. The molecule has 7 heteroatoms. The summed E-state index contributed by atoms with van der Waals surface area (Å²) < 4.78 is 0. The number of carbonyl (C=O) groups is 3. The molecule has 3 amide bonds. The van der Waals surface area contributed by atoms with Gasteiger partial charge in [-0.2, -0.15) is 0 Å². The first-order chi connectivity index (χ1) is 16.0. The van der Waals surface area contributed by atoms with E-state index in [2.05, 4.69) is 10.6 Å². The fourth-order valence-corrected chi connectivity index (χ4v) is 4.59. The van der Waals surface area contributed by atoms with E-state index in [1.165, 1.54) is 0 Å². The van der Waals surface area contributed by atoms with Crippen molar-refractivity contribution in [3.63, 3.8) is 0 Å². The molecular formula is C27H35N3O4. The van der Waals surface area contributed by atoms with Crippen LogP contribution >= 0.6 is 0 Å². The maximum atomic E-state index is 13.6. The summed E-state index contributed by atoms with van der Waals surface area (Å²) in [7, 11) is 0. The first kappa shape index (κ1) is 25.4. The summed E-state index contributed by atoms with van der Waals surface area (Å²) in [5.41, 5.74) is 5.25. The van der Waals surface area contributed by atoms with Crippen LogP contribution in [0, 0.1) is 17.3 Å². The lowest BCUT2D eigenvalue weighted by molar-refractivity contribution is -0.137. The number of rotatable bonds is 8. The topological polar surface area (TPSA) is 108 Å². The molecule has 0 fully saturated rings. The molecule has 3 rings (SSSR count). The number of hydrogen-bond acceptors (Lipinski definition) is 4. The number of benzene rings is 2. The molecule has 0 aliphatic heterocycles. The zero-order chi connectivity index (χ0) is 25.0. The van der Waals surface area contributed by atoms with Crippen molar-refractivity contribution in [2.75, 3.05) is 0 Å². The van der Waals surface area contributed by atoms with Gasteiger partial charge in [0, 0.05) is 12.3 Å². The third kappa shape index (κ3) is 5.65. The fourth-order valence-electron chi connectivity index (χ4n) is 4.59. The van der Waals surface area contributed by atoms with Gasteiger partial charge < -0.3 is 10.6 Å². The summed E-state index contributed by atoms with van der Waals surface area (Å²) in [6.45, 7) is 9.60. The molecule has 7 nitrogen and oxygen atoms in total. The van der Waals surface area contributed by atoms with Gasteiger partial charge in [-0.15, -0.1) is 0 Å². The fraction of sp³-hybridized carbons (Fsp3) is 0.444. The van der Waals surface area contributed by atoms with Crippen LogP contribution in [0.5, 0.6) is 0 Å². The van der Waals surface area contributed by atoms with Crippen LogP contribution in [0.3, 0.4) is 0 Å². The van der Waals surface area contributed by atoms with E-state index < -0.39 is 23.3 Å². The Morgan fingerprint density at radius 1 is 0.912 bits per heavy atom. The van der Waals surface area contributed by atoms with E-state index in [1.807, 2.05) is 83.1 Å². The molecule has 2 atom stereocenters. The summed E-state index contributed by atoms with van der Waals surface area (Å²) in [6, 6.07) is 14.9. The molecule has 0 spiro atoms. The Bertz CT molecular complexity index is 1010. The smallest absolute Gasteiger partial charge is 0.244 e. The van der Waals surface area contributed by atoms with Gasteiger partial charge in [0.15, 0.2) is 0 Å². The van der Waals surface area contributed by atoms with Crippen LogP contribution in [0.1, 0.15) is 64.6 Å². The van der Waals surface area contributed by atoms with Crippen LogP contribution in [0.15, 0.2) is 48.5 Å². The summed E-state index contributed by atoms with van der Waals surface area (Å²) in [5.74, 6) is -1.78. The highest BCUT2D eigenvalue weighted by Crippen LogP contribution is 2.43. The molecular weight excluding hydrogens is 430 g/mol. The molecule has 0 bridgehead atoms. The molecule has 1 aliphatic carbocycles. The van der Waals surface area contributed by atoms with Crippen LogP contribution in [0.4, 0.5) is 0 Å². The maximum Gasteiger partial charge on any atom is 0.244 e. The van der Waals surface area contributed by atoms with Gasteiger partial charge in [-0.25, -0.2) is 5.48 Å². The Morgan fingerprint density at radius 2 is 1.44 bits per heavy atom. The first-order valence-electron chi connectivity index (χ1n) is 11.7. The number of hydrogen-bond donors (Lipinski definition) is 4. The monoisotopic (exact) mass is 465 g/mol. The average Bonchev–Trinajstić information content (AvgIpc) is 3.09. The van der Waals surface area contributed by atoms with Gasteiger partial charge >= 0.3 is 0 Å². The maximum absolute atomic E-state index is 13.6. The summed E-state index contributed by atoms with van der Waals surface area (Å²) >= 11 is 0. The van der Waals surface area contributed by atoms with E-state index in [1.54, 1.807) is 5.48 Å². The van der Waals surface area contributed by atoms with Gasteiger partial charge in [-0.3, -0.25) is 19.6 Å². The number of fused-ring (bicyclic) bond motifs is 3. The summed E-state index contributed by atoms with van der Waals surface area (Å²) in [6.07, 6.45) is 0.309. The SMILES string of the molecule is CC(C)C[C@H](CC(=O)NO)C(=O)N[C@H](C(=O)NC1c2ccccc2-c2ccccc21)C(C)(C)C. The van der Waals surface area contributed by atoms with Crippen molar-refractivity contribution in [2.24, 2.45) is 17.3 Å². The largest absolute Gasteiger partial charge is 0.344 e. The molecule has 34 heavy (non-hydrogen) atoms. The molecule has 0 radical (unpaired) electrons. The van der Waals surface area contributed by atoms with E-state index in [9.17, 15) is 14.4 Å². The van der Waals surface area contributed by atoms with E-state index in [0.29, 0.717) is 6.42 Å². The van der Waals surface area contributed by atoms with Crippen LogP contribution in [0.25, 0.3) is 11.1 Å². The highest BCUT2D eigenvalue weighted by atomic mass is 16.5. The van der Waals surface area contributed by atoms with E-state index in [0.717, 1.165) is 22.3 Å². The highest BCUT2D eigenvalue weighted by Gasteiger charge is 2.38. The van der Waals surface area contributed by atoms with Crippen LogP contribution in [0.2, 0.25) is 0 Å². The van der Waals surface area contributed by atoms with Crippen LogP contribution in [-0.4, -0.2) is 29.0 Å². The lowest BCUT2D eigenvalue weighted by atomic mass is 9.84. The van der Waals surface area contributed by atoms with Crippen molar-refractivity contribution in [1.29, 1.82) is 0 Å². The van der Waals surface area contributed by atoms with Crippen molar-refractivity contribution in [1.82, 2.24) is 16.1 Å². The van der Waals surface area contributed by atoms with Gasteiger partial charge in [0.25, 0.3) is 0 Å². The quantitative estimate of drug-likeness (QED) is 0.350. The van der Waals surface area contributed by atoms with Gasteiger partial charge in [0.1, 0.15) is 6.04 Å². The Morgan fingerprint density at radius 3 is 1.91 bits per heavy atom. The zero-order valence-corrected chi connectivity index (χ0v) is 20.5. The van der Waals surface area contributed by atoms with Gasteiger partial charge in [-0.1, -0.05) is 83.1 Å².